The molecule has 158 valence electrons. The van der Waals surface area contributed by atoms with E-state index in [0.717, 1.165) is 28.2 Å². The topological polar surface area (TPSA) is 57.2 Å². The first kappa shape index (κ1) is 21.9. The largest absolute Gasteiger partial charge is 0.486 e. The molecule has 0 aromatic heterocycles. The van der Waals surface area contributed by atoms with E-state index in [2.05, 4.69) is 6.07 Å². The summed E-state index contributed by atoms with van der Waals surface area (Å²) in [6, 6.07) is 11.8. The van der Waals surface area contributed by atoms with E-state index in [1.165, 1.54) is 0 Å². The lowest BCUT2D eigenvalue weighted by atomic mass is 9.95. The summed E-state index contributed by atoms with van der Waals surface area (Å²) in [5, 5.41) is 10.8. The zero-order valence-electron chi connectivity index (χ0n) is 17.2. The van der Waals surface area contributed by atoms with E-state index in [-0.39, 0.29) is 6.10 Å². The first-order chi connectivity index (χ1) is 14.1. The predicted octanol–water partition coefficient (Wildman–Crippen LogP) is 4.91. The van der Waals surface area contributed by atoms with Crippen molar-refractivity contribution in [2.24, 2.45) is 0 Å². The van der Waals surface area contributed by atoms with Crippen molar-refractivity contribution in [3.63, 3.8) is 0 Å². The average Bonchev–Trinajstić information content (AvgIpc) is 2.76. The van der Waals surface area contributed by atoms with E-state index in [9.17, 15) is 5.11 Å². The number of methoxy groups -OCH3 is 1. The molecule has 2 heterocycles. The van der Waals surface area contributed by atoms with Crippen LogP contribution in [-0.2, 0) is 15.9 Å². The fraction of sp³-hybridized carbons (Fsp3) is 0.478. The van der Waals surface area contributed by atoms with Gasteiger partial charge in [-0.3, -0.25) is 0 Å². The van der Waals surface area contributed by atoms with Crippen molar-refractivity contribution in [3.8, 4) is 11.5 Å². The number of aliphatic hydroxyl groups excluding tert-OH is 1. The molecule has 0 saturated carbocycles. The number of ether oxygens (including phenoxy) is 4. The fourth-order valence-corrected chi connectivity index (χ4v) is 3.76. The molecule has 1 N–H and O–H groups in total. The van der Waals surface area contributed by atoms with Gasteiger partial charge in [0.25, 0.3) is 0 Å². The summed E-state index contributed by atoms with van der Waals surface area (Å²) in [4.78, 5) is 0. The fourth-order valence-electron chi connectivity index (χ4n) is 3.57. The molecule has 5 nitrogen and oxygen atoms in total. The second-order valence-electron chi connectivity index (χ2n) is 6.92. The number of fused-ring (bicyclic) bond motifs is 1. The van der Waals surface area contributed by atoms with Crippen LogP contribution in [-0.4, -0.2) is 37.8 Å². The highest BCUT2D eigenvalue weighted by atomic mass is 35.5. The van der Waals surface area contributed by atoms with Gasteiger partial charge in [-0.2, -0.15) is 0 Å². The third kappa shape index (κ3) is 5.43. The van der Waals surface area contributed by atoms with E-state index in [0.29, 0.717) is 37.5 Å². The van der Waals surface area contributed by atoms with Gasteiger partial charge in [0, 0.05) is 25.0 Å². The monoisotopic (exact) mass is 420 g/mol. The van der Waals surface area contributed by atoms with Crippen LogP contribution in [0.4, 0.5) is 0 Å². The molecular weight excluding hydrogens is 392 g/mol. The van der Waals surface area contributed by atoms with E-state index >= 15 is 0 Å². The molecular formula is C23H29ClO5. The molecule has 2 aliphatic rings. The number of benzene rings is 2. The summed E-state index contributed by atoms with van der Waals surface area (Å²) in [6.45, 7) is 5.14. The van der Waals surface area contributed by atoms with Crippen LogP contribution in [0.1, 0.15) is 49.5 Å². The predicted molar refractivity (Wildman–Crippen MR) is 113 cm³/mol. The summed E-state index contributed by atoms with van der Waals surface area (Å²) in [5.74, 6) is 1.55. The van der Waals surface area contributed by atoms with E-state index in [1.807, 2.05) is 44.2 Å². The van der Waals surface area contributed by atoms with Crippen molar-refractivity contribution in [1.82, 2.24) is 0 Å². The highest BCUT2D eigenvalue weighted by molar-refractivity contribution is 6.31. The first-order valence-electron chi connectivity index (χ1n) is 10.2. The third-order valence-corrected chi connectivity index (χ3v) is 5.34. The Balaban J connectivity index is 0.00000117. The van der Waals surface area contributed by atoms with Gasteiger partial charge in [-0.1, -0.05) is 43.6 Å². The summed E-state index contributed by atoms with van der Waals surface area (Å²) in [5.41, 5.74) is 3.09. The molecule has 6 heteroatoms. The van der Waals surface area contributed by atoms with Gasteiger partial charge in [-0.15, -0.1) is 0 Å². The van der Waals surface area contributed by atoms with Crippen LogP contribution in [0.15, 0.2) is 36.4 Å². The Morgan fingerprint density at radius 2 is 1.79 bits per heavy atom. The minimum absolute atomic E-state index is 0.213. The van der Waals surface area contributed by atoms with Crippen molar-refractivity contribution in [2.45, 2.75) is 51.6 Å². The SMILES string of the molecule is CC.COC1CC(O)CC(c2ccc(Cl)c(Cc3ccc4c(c3)OCCO4)c2)O1. The maximum Gasteiger partial charge on any atom is 0.161 e. The molecule has 0 radical (unpaired) electrons. The van der Waals surface area contributed by atoms with E-state index in [4.69, 9.17) is 30.5 Å². The van der Waals surface area contributed by atoms with Gasteiger partial charge in [0.1, 0.15) is 13.2 Å². The van der Waals surface area contributed by atoms with Crippen LogP contribution < -0.4 is 9.47 Å². The maximum atomic E-state index is 10.1. The van der Waals surface area contributed by atoms with Crippen LogP contribution >= 0.6 is 11.6 Å². The second kappa shape index (κ2) is 10.3. The Kier molecular flexibility index (Phi) is 7.78. The Morgan fingerprint density at radius 1 is 1.03 bits per heavy atom. The number of hydrogen-bond donors (Lipinski definition) is 1. The van der Waals surface area contributed by atoms with Crippen molar-refractivity contribution in [2.75, 3.05) is 20.3 Å². The van der Waals surface area contributed by atoms with Gasteiger partial charge in [-0.25, -0.2) is 0 Å². The highest BCUT2D eigenvalue weighted by Gasteiger charge is 2.29. The van der Waals surface area contributed by atoms with Gasteiger partial charge < -0.3 is 24.1 Å². The standard InChI is InChI=1S/C21H23ClO5.C2H6/c1-24-21-12-16(23)11-19(27-21)14-3-4-17(22)15(10-14)8-13-2-5-18-20(9-13)26-7-6-25-18;1-2/h2-5,9-10,16,19,21,23H,6-8,11-12H2,1H3;1-2H3. The van der Waals surface area contributed by atoms with Crippen molar-refractivity contribution >= 4 is 11.6 Å². The van der Waals surface area contributed by atoms with Crippen LogP contribution in [0.3, 0.4) is 0 Å². The zero-order chi connectivity index (χ0) is 20.8. The molecule has 3 atom stereocenters. The summed E-state index contributed by atoms with van der Waals surface area (Å²) < 4.78 is 22.5. The average molecular weight is 421 g/mol. The quantitative estimate of drug-likeness (QED) is 0.761. The maximum absolute atomic E-state index is 10.1. The molecule has 1 saturated heterocycles. The van der Waals surface area contributed by atoms with Gasteiger partial charge in [0.2, 0.25) is 0 Å². The van der Waals surface area contributed by atoms with Gasteiger partial charge >= 0.3 is 0 Å². The van der Waals surface area contributed by atoms with Gasteiger partial charge in [-0.05, 0) is 41.3 Å². The highest BCUT2D eigenvalue weighted by Crippen LogP contribution is 2.35. The number of halogens is 1. The molecule has 0 bridgehead atoms. The molecule has 0 spiro atoms. The summed E-state index contributed by atoms with van der Waals surface area (Å²) >= 11 is 6.44. The van der Waals surface area contributed by atoms with Crippen LogP contribution in [0, 0.1) is 0 Å². The zero-order valence-corrected chi connectivity index (χ0v) is 17.9. The second-order valence-corrected chi connectivity index (χ2v) is 7.33. The summed E-state index contributed by atoms with van der Waals surface area (Å²) in [6.07, 6.45) is 0.665. The molecule has 2 aliphatic heterocycles. The lowest BCUT2D eigenvalue weighted by molar-refractivity contribution is -0.205. The molecule has 4 rings (SSSR count). The smallest absolute Gasteiger partial charge is 0.161 e. The van der Waals surface area contributed by atoms with Crippen molar-refractivity contribution in [1.29, 1.82) is 0 Å². The summed E-state index contributed by atoms with van der Waals surface area (Å²) in [7, 11) is 1.59. The molecule has 0 aliphatic carbocycles. The molecule has 2 aromatic carbocycles. The molecule has 2 aromatic rings. The number of hydrogen-bond acceptors (Lipinski definition) is 5. The van der Waals surface area contributed by atoms with E-state index < -0.39 is 12.4 Å². The third-order valence-electron chi connectivity index (χ3n) is 4.97. The van der Waals surface area contributed by atoms with Gasteiger partial charge in [0.15, 0.2) is 17.8 Å². The Morgan fingerprint density at radius 3 is 2.55 bits per heavy atom. The first-order valence-corrected chi connectivity index (χ1v) is 10.5. The minimum atomic E-state index is -0.439. The molecule has 29 heavy (non-hydrogen) atoms. The van der Waals surface area contributed by atoms with Crippen LogP contribution in [0.2, 0.25) is 5.02 Å². The Labute approximate surface area is 177 Å². The Hall–Kier alpha value is -1.79. The van der Waals surface area contributed by atoms with Crippen LogP contribution in [0.5, 0.6) is 11.5 Å². The normalized spacial score (nSPS) is 23.1. The van der Waals surface area contributed by atoms with Crippen molar-refractivity contribution < 1.29 is 24.1 Å². The molecule has 1 fully saturated rings. The lowest BCUT2D eigenvalue weighted by Gasteiger charge is -2.32. The molecule has 3 unspecified atom stereocenters. The minimum Gasteiger partial charge on any atom is -0.486 e. The number of aliphatic hydroxyl groups is 1. The number of rotatable bonds is 4. The molecule has 0 amide bonds. The van der Waals surface area contributed by atoms with E-state index in [1.54, 1.807) is 7.11 Å². The Bertz CT molecular complexity index is 810. The lowest BCUT2D eigenvalue weighted by Crippen LogP contribution is -2.32. The van der Waals surface area contributed by atoms with Gasteiger partial charge in [0.05, 0.1) is 12.2 Å². The van der Waals surface area contributed by atoms with Crippen LogP contribution in [0.25, 0.3) is 0 Å². The van der Waals surface area contributed by atoms with Crippen molar-refractivity contribution in [3.05, 3.63) is 58.1 Å².